The molecule has 0 bridgehead atoms. The maximum Gasteiger partial charge on any atom is 0.0595 e. The standard InChI is InChI=1S/C21H24Cl2N2/c22-17-10-9-15(14-18(17)23)21(11-5-12-21)20(19-8-3-4-13-24-19)25-16-6-1-2-7-16/h3-4,8-10,13-14,16,20,25H,1-2,5-7,11-12H2. The topological polar surface area (TPSA) is 24.9 Å². The second-order valence-electron chi connectivity index (χ2n) is 7.47. The predicted octanol–water partition coefficient (Wildman–Crippen LogP) is 6.08. The van der Waals surface area contributed by atoms with Gasteiger partial charge in [-0.15, -0.1) is 0 Å². The zero-order valence-corrected chi connectivity index (χ0v) is 15.9. The fourth-order valence-electron chi connectivity index (χ4n) is 4.51. The summed E-state index contributed by atoms with van der Waals surface area (Å²) in [5.41, 5.74) is 2.49. The minimum atomic E-state index is 0.0607. The van der Waals surface area contributed by atoms with Gasteiger partial charge in [0, 0.05) is 17.7 Å². The SMILES string of the molecule is Clc1ccc(C2(C(NC3CCCC3)c3ccccn3)CCC2)cc1Cl. The Morgan fingerprint density at radius 1 is 1.00 bits per heavy atom. The van der Waals surface area contributed by atoms with E-state index in [0.29, 0.717) is 16.1 Å². The monoisotopic (exact) mass is 374 g/mol. The first-order valence-corrected chi connectivity index (χ1v) is 10.1. The van der Waals surface area contributed by atoms with Gasteiger partial charge in [0.15, 0.2) is 0 Å². The Labute approximate surface area is 160 Å². The summed E-state index contributed by atoms with van der Waals surface area (Å²) in [4.78, 5) is 4.71. The van der Waals surface area contributed by atoms with E-state index in [0.717, 1.165) is 18.5 Å². The summed E-state index contributed by atoms with van der Waals surface area (Å²) < 4.78 is 0. The molecule has 2 aromatic rings. The van der Waals surface area contributed by atoms with E-state index in [1.165, 1.54) is 37.7 Å². The van der Waals surface area contributed by atoms with Gasteiger partial charge in [-0.2, -0.15) is 0 Å². The summed E-state index contributed by atoms with van der Waals surface area (Å²) in [6.07, 6.45) is 10.6. The van der Waals surface area contributed by atoms with Crippen LogP contribution in [0.5, 0.6) is 0 Å². The van der Waals surface area contributed by atoms with Crippen LogP contribution in [0.1, 0.15) is 62.2 Å². The van der Waals surface area contributed by atoms with Crippen LogP contribution in [-0.2, 0) is 5.41 Å². The molecular formula is C21H24Cl2N2. The van der Waals surface area contributed by atoms with E-state index in [9.17, 15) is 0 Å². The molecule has 25 heavy (non-hydrogen) atoms. The molecule has 0 radical (unpaired) electrons. The molecule has 1 N–H and O–H groups in total. The lowest BCUT2D eigenvalue weighted by Crippen LogP contribution is -2.49. The third-order valence-corrected chi connectivity index (χ3v) is 6.77. The molecule has 4 rings (SSSR count). The van der Waals surface area contributed by atoms with Crippen molar-refractivity contribution in [1.82, 2.24) is 10.3 Å². The Morgan fingerprint density at radius 2 is 1.80 bits per heavy atom. The summed E-state index contributed by atoms with van der Waals surface area (Å²) in [6, 6.07) is 13.2. The third kappa shape index (κ3) is 3.32. The molecule has 0 spiro atoms. The van der Waals surface area contributed by atoms with Crippen molar-refractivity contribution in [2.45, 2.75) is 62.4 Å². The quantitative estimate of drug-likeness (QED) is 0.685. The summed E-state index contributed by atoms with van der Waals surface area (Å²) in [5, 5.41) is 5.24. The van der Waals surface area contributed by atoms with Crippen LogP contribution in [0.4, 0.5) is 0 Å². The van der Waals surface area contributed by atoms with Gasteiger partial charge in [-0.05, 0) is 55.5 Å². The number of aromatic nitrogens is 1. The molecule has 0 saturated heterocycles. The second kappa shape index (κ2) is 7.26. The van der Waals surface area contributed by atoms with Crippen LogP contribution >= 0.6 is 23.2 Å². The zero-order chi connectivity index (χ0) is 17.3. The van der Waals surface area contributed by atoms with Crippen LogP contribution < -0.4 is 5.32 Å². The maximum atomic E-state index is 6.35. The van der Waals surface area contributed by atoms with Crippen molar-refractivity contribution in [2.24, 2.45) is 0 Å². The first-order valence-electron chi connectivity index (χ1n) is 9.31. The second-order valence-corrected chi connectivity index (χ2v) is 8.29. The highest BCUT2D eigenvalue weighted by Crippen LogP contribution is 2.53. The van der Waals surface area contributed by atoms with Gasteiger partial charge in [-0.25, -0.2) is 0 Å². The summed E-state index contributed by atoms with van der Waals surface area (Å²) >= 11 is 12.5. The molecule has 2 aliphatic carbocycles. The molecular weight excluding hydrogens is 351 g/mol. The molecule has 1 heterocycles. The van der Waals surface area contributed by atoms with Gasteiger partial charge in [0.25, 0.3) is 0 Å². The molecule has 0 aliphatic heterocycles. The van der Waals surface area contributed by atoms with Crippen molar-refractivity contribution in [3.63, 3.8) is 0 Å². The average molecular weight is 375 g/mol. The van der Waals surface area contributed by atoms with Gasteiger partial charge in [-0.1, -0.05) is 54.6 Å². The van der Waals surface area contributed by atoms with Crippen molar-refractivity contribution in [1.29, 1.82) is 0 Å². The molecule has 1 unspecified atom stereocenters. The van der Waals surface area contributed by atoms with E-state index in [2.05, 4.69) is 29.6 Å². The lowest BCUT2D eigenvalue weighted by molar-refractivity contribution is 0.156. The average Bonchev–Trinajstić information content (AvgIpc) is 3.10. The molecule has 4 heteroatoms. The number of hydrogen-bond acceptors (Lipinski definition) is 2. The number of hydrogen-bond donors (Lipinski definition) is 1. The Kier molecular flexibility index (Phi) is 5.04. The highest BCUT2D eigenvalue weighted by molar-refractivity contribution is 6.42. The number of pyridine rings is 1. The Hall–Kier alpha value is -1.09. The van der Waals surface area contributed by atoms with Gasteiger partial charge >= 0.3 is 0 Å². The largest absolute Gasteiger partial charge is 0.305 e. The number of nitrogens with zero attached hydrogens (tertiary/aromatic N) is 1. The van der Waals surface area contributed by atoms with Crippen LogP contribution in [0.2, 0.25) is 10.0 Å². The van der Waals surface area contributed by atoms with Crippen LogP contribution in [0.25, 0.3) is 0 Å². The van der Waals surface area contributed by atoms with Crippen molar-refractivity contribution in [3.05, 3.63) is 63.9 Å². The molecule has 1 aromatic carbocycles. The van der Waals surface area contributed by atoms with Crippen LogP contribution in [-0.4, -0.2) is 11.0 Å². The first-order chi connectivity index (χ1) is 12.2. The van der Waals surface area contributed by atoms with Gasteiger partial charge in [0.2, 0.25) is 0 Å². The van der Waals surface area contributed by atoms with Crippen LogP contribution in [0.3, 0.4) is 0 Å². The minimum absolute atomic E-state index is 0.0607. The molecule has 1 aromatic heterocycles. The number of nitrogens with one attached hydrogen (secondary N) is 1. The fraction of sp³-hybridized carbons (Fsp3) is 0.476. The van der Waals surface area contributed by atoms with E-state index in [4.69, 9.17) is 28.2 Å². The summed E-state index contributed by atoms with van der Waals surface area (Å²) in [6.45, 7) is 0. The molecule has 0 amide bonds. The number of benzene rings is 1. The summed E-state index contributed by atoms with van der Waals surface area (Å²) in [7, 11) is 0. The number of halogens is 2. The lowest BCUT2D eigenvalue weighted by atomic mass is 9.59. The van der Waals surface area contributed by atoms with Crippen LogP contribution in [0, 0.1) is 0 Å². The molecule has 2 fully saturated rings. The molecule has 132 valence electrons. The van der Waals surface area contributed by atoms with Gasteiger partial charge in [-0.3, -0.25) is 4.98 Å². The molecule has 1 atom stereocenters. The van der Waals surface area contributed by atoms with Crippen molar-refractivity contribution >= 4 is 23.2 Å². The smallest absolute Gasteiger partial charge is 0.0595 e. The highest BCUT2D eigenvalue weighted by atomic mass is 35.5. The Morgan fingerprint density at radius 3 is 2.40 bits per heavy atom. The molecule has 2 saturated carbocycles. The van der Waals surface area contributed by atoms with Crippen molar-refractivity contribution in [3.8, 4) is 0 Å². The van der Waals surface area contributed by atoms with E-state index in [1.807, 2.05) is 18.3 Å². The highest BCUT2D eigenvalue weighted by Gasteiger charge is 2.47. The number of rotatable bonds is 5. The van der Waals surface area contributed by atoms with Gasteiger partial charge in [0.1, 0.15) is 0 Å². The van der Waals surface area contributed by atoms with Crippen molar-refractivity contribution < 1.29 is 0 Å². The minimum Gasteiger partial charge on any atom is -0.305 e. The summed E-state index contributed by atoms with van der Waals surface area (Å²) in [5.74, 6) is 0. The van der Waals surface area contributed by atoms with Gasteiger partial charge < -0.3 is 5.32 Å². The van der Waals surface area contributed by atoms with E-state index < -0.39 is 0 Å². The fourth-order valence-corrected chi connectivity index (χ4v) is 4.81. The Bertz CT molecular complexity index is 722. The normalized spacial score (nSPS) is 21.0. The molecule has 2 nitrogen and oxygen atoms in total. The Balaban J connectivity index is 1.73. The lowest BCUT2D eigenvalue weighted by Gasteiger charge is -2.49. The van der Waals surface area contributed by atoms with E-state index in [1.54, 1.807) is 0 Å². The first kappa shape index (κ1) is 17.3. The zero-order valence-electron chi connectivity index (χ0n) is 14.3. The van der Waals surface area contributed by atoms with Crippen molar-refractivity contribution in [2.75, 3.05) is 0 Å². The predicted molar refractivity (Wildman–Crippen MR) is 104 cm³/mol. The molecule has 2 aliphatic rings. The van der Waals surface area contributed by atoms with E-state index >= 15 is 0 Å². The third-order valence-electron chi connectivity index (χ3n) is 6.03. The van der Waals surface area contributed by atoms with E-state index in [-0.39, 0.29) is 11.5 Å². The maximum absolute atomic E-state index is 6.35. The van der Waals surface area contributed by atoms with Gasteiger partial charge in [0.05, 0.1) is 21.8 Å². The van der Waals surface area contributed by atoms with Crippen LogP contribution in [0.15, 0.2) is 42.6 Å².